The van der Waals surface area contributed by atoms with Crippen molar-refractivity contribution >= 4 is 33.5 Å². The largest absolute Gasteiger partial charge is 0.356 e. The molecule has 16 heavy (non-hydrogen) atoms. The van der Waals surface area contributed by atoms with Crippen molar-refractivity contribution < 1.29 is 0 Å². The molecule has 2 nitrogen and oxygen atoms in total. The monoisotopic (exact) mass is 300 g/mol. The molecule has 2 rings (SSSR count). The SMILES string of the molecule is CC1(C)CCN(c2cccc(Br)n2)CCS1. The Balaban J connectivity index is 2.11. The minimum atomic E-state index is 0.404. The van der Waals surface area contributed by atoms with Crippen LogP contribution in [0.5, 0.6) is 0 Å². The van der Waals surface area contributed by atoms with E-state index in [1.165, 1.54) is 12.2 Å². The fraction of sp³-hybridized carbons (Fsp3) is 0.583. The van der Waals surface area contributed by atoms with E-state index in [0.29, 0.717) is 4.75 Å². The zero-order chi connectivity index (χ0) is 11.6. The molecule has 1 aliphatic rings. The summed E-state index contributed by atoms with van der Waals surface area (Å²) >= 11 is 5.49. The number of halogens is 1. The predicted molar refractivity (Wildman–Crippen MR) is 75.3 cm³/mol. The number of hydrogen-bond acceptors (Lipinski definition) is 3. The molecule has 1 aliphatic heterocycles. The molecule has 0 atom stereocenters. The van der Waals surface area contributed by atoms with Crippen LogP contribution in [0.3, 0.4) is 0 Å². The Morgan fingerprint density at radius 3 is 2.94 bits per heavy atom. The van der Waals surface area contributed by atoms with Crippen molar-refractivity contribution in [3.63, 3.8) is 0 Å². The number of hydrogen-bond donors (Lipinski definition) is 0. The third-order valence-corrected chi connectivity index (χ3v) is 4.68. The van der Waals surface area contributed by atoms with E-state index in [0.717, 1.165) is 23.5 Å². The molecular formula is C12H17BrN2S. The number of nitrogens with zero attached hydrogens (tertiary/aromatic N) is 2. The lowest BCUT2D eigenvalue weighted by molar-refractivity contribution is 0.635. The Labute approximate surface area is 110 Å². The van der Waals surface area contributed by atoms with Crippen LogP contribution in [0.4, 0.5) is 5.82 Å². The minimum absolute atomic E-state index is 0.404. The molecule has 1 fully saturated rings. The molecule has 4 heteroatoms. The Morgan fingerprint density at radius 1 is 1.38 bits per heavy atom. The van der Waals surface area contributed by atoms with E-state index < -0.39 is 0 Å². The van der Waals surface area contributed by atoms with Gasteiger partial charge in [-0.3, -0.25) is 0 Å². The van der Waals surface area contributed by atoms with Crippen molar-refractivity contribution in [1.29, 1.82) is 0 Å². The fourth-order valence-electron chi connectivity index (χ4n) is 1.82. The standard InChI is InChI=1S/C12H17BrN2S/c1-12(2)6-7-15(8-9-16-12)11-5-3-4-10(13)14-11/h3-5H,6-9H2,1-2H3. The lowest BCUT2D eigenvalue weighted by Gasteiger charge is -2.23. The molecule has 1 saturated heterocycles. The highest BCUT2D eigenvalue weighted by molar-refractivity contribution is 9.10. The molecule has 1 aromatic rings. The molecule has 0 spiro atoms. The second-order valence-electron chi connectivity index (χ2n) is 4.66. The van der Waals surface area contributed by atoms with Crippen LogP contribution in [0.2, 0.25) is 0 Å². The van der Waals surface area contributed by atoms with E-state index in [1.54, 1.807) is 0 Å². The Hall–Kier alpha value is -0.220. The van der Waals surface area contributed by atoms with E-state index in [4.69, 9.17) is 0 Å². The van der Waals surface area contributed by atoms with Crippen LogP contribution in [-0.2, 0) is 0 Å². The van der Waals surface area contributed by atoms with E-state index >= 15 is 0 Å². The van der Waals surface area contributed by atoms with E-state index in [9.17, 15) is 0 Å². The molecule has 0 radical (unpaired) electrons. The third kappa shape index (κ3) is 3.14. The van der Waals surface area contributed by atoms with Gasteiger partial charge in [0.2, 0.25) is 0 Å². The number of pyridine rings is 1. The summed E-state index contributed by atoms with van der Waals surface area (Å²) in [6, 6.07) is 6.11. The second kappa shape index (κ2) is 4.96. The zero-order valence-electron chi connectivity index (χ0n) is 9.74. The molecule has 0 N–H and O–H groups in total. The van der Waals surface area contributed by atoms with Crippen LogP contribution in [0.25, 0.3) is 0 Å². The summed E-state index contributed by atoms with van der Waals surface area (Å²) in [5.41, 5.74) is 0. The number of rotatable bonds is 1. The molecule has 88 valence electrons. The molecule has 0 amide bonds. The summed E-state index contributed by atoms with van der Waals surface area (Å²) in [7, 11) is 0. The van der Waals surface area contributed by atoms with Gasteiger partial charge in [0.25, 0.3) is 0 Å². The van der Waals surface area contributed by atoms with Crippen molar-refractivity contribution in [2.45, 2.75) is 25.0 Å². The lowest BCUT2D eigenvalue weighted by Crippen LogP contribution is -2.27. The number of aromatic nitrogens is 1. The molecule has 0 aromatic carbocycles. The number of anilines is 1. The summed E-state index contributed by atoms with van der Waals surface area (Å²) < 4.78 is 1.32. The van der Waals surface area contributed by atoms with Crippen molar-refractivity contribution in [2.75, 3.05) is 23.7 Å². The topological polar surface area (TPSA) is 16.1 Å². The molecule has 0 unspecified atom stereocenters. The zero-order valence-corrected chi connectivity index (χ0v) is 12.1. The molecule has 1 aromatic heterocycles. The van der Waals surface area contributed by atoms with Gasteiger partial charge in [-0.1, -0.05) is 19.9 Å². The van der Waals surface area contributed by atoms with Gasteiger partial charge in [-0.25, -0.2) is 4.98 Å². The second-order valence-corrected chi connectivity index (χ2v) is 7.28. The van der Waals surface area contributed by atoms with Gasteiger partial charge in [-0.15, -0.1) is 0 Å². The normalized spacial score (nSPS) is 20.6. The average Bonchev–Trinajstić information content (AvgIpc) is 2.39. The van der Waals surface area contributed by atoms with Crippen LogP contribution in [0.1, 0.15) is 20.3 Å². The first-order chi connectivity index (χ1) is 7.57. The van der Waals surface area contributed by atoms with Gasteiger partial charge < -0.3 is 4.90 Å². The predicted octanol–water partition coefficient (Wildman–Crippen LogP) is 3.57. The fourth-order valence-corrected chi connectivity index (χ4v) is 3.26. The van der Waals surface area contributed by atoms with Crippen LogP contribution < -0.4 is 4.90 Å². The van der Waals surface area contributed by atoms with Gasteiger partial charge in [0.05, 0.1) is 0 Å². The van der Waals surface area contributed by atoms with Crippen molar-refractivity contribution in [1.82, 2.24) is 4.98 Å². The molecule has 2 heterocycles. The average molecular weight is 301 g/mol. The maximum Gasteiger partial charge on any atom is 0.129 e. The smallest absolute Gasteiger partial charge is 0.129 e. The summed E-state index contributed by atoms with van der Waals surface area (Å²) in [6.45, 7) is 6.85. The van der Waals surface area contributed by atoms with E-state index in [-0.39, 0.29) is 0 Å². The maximum absolute atomic E-state index is 4.52. The van der Waals surface area contributed by atoms with Crippen LogP contribution >= 0.6 is 27.7 Å². The Morgan fingerprint density at radius 2 is 2.19 bits per heavy atom. The van der Waals surface area contributed by atoms with Gasteiger partial charge >= 0.3 is 0 Å². The van der Waals surface area contributed by atoms with Gasteiger partial charge in [0.1, 0.15) is 10.4 Å². The summed E-state index contributed by atoms with van der Waals surface area (Å²) in [5, 5.41) is 0. The third-order valence-electron chi connectivity index (χ3n) is 2.86. The molecular weight excluding hydrogens is 284 g/mol. The highest BCUT2D eigenvalue weighted by Gasteiger charge is 2.24. The first kappa shape index (κ1) is 12.2. The van der Waals surface area contributed by atoms with E-state index in [2.05, 4.69) is 63.6 Å². The highest BCUT2D eigenvalue weighted by Crippen LogP contribution is 2.31. The first-order valence-corrected chi connectivity index (χ1v) is 7.36. The maximum atomic E-state index is 4.52. The molecule has 0 saturated carbocycles. The molecule has 0 bridgehead atoms. The van der Waals surface area contributed by atoms with Crippen molar-refractivity contribution in [3.8, 4) is 0 Å². The molecule has 0 aliphatic carbocycles. The minimum Gasteiger partial charge on any atom is -0.356 e. The quantitative estimate of drug-likeness (QED) is 0.738. The summed E-state index contributed by atoms with van der Waals surface area (Å²) in [5.74, 6) is 2.27. The Kier molecular flexibility index (Phi) is 3.80. The van der Waals surface area contributed by atoms with Crippen molar-refractivity contribution in [3.05, 3.63) is 22.8 Å². The van der Waals surface area contributed by atoms with Crippen LogP contribution in [0, 0.1) is 0 Å². The summed E-state index contributed by atoms with van der Waals surface area (Å²) in [6.07, 6.45) is 1.21. The van der Waals surface area contributed by atoms with Gasteiger partial charge in [0, 0.05) is 23.6 Å². The van der Waals surface area contributed by atoms with E-state index in [1.807, 2.05) is 6.07 Å². The lowest BCUT2D eigenvalue weighted by atomic mass is 10.1. The van der Waals surface area contributed by atoms with Gasteiger partial charge in [0.15, 0.2) is 0 Å². The summed E-state index contributed by atoms with van der Waals surface area (Å²) in [4.78, 5) is 6.90. The van der Waals surface area contributed by atoms with Crippen LogP contribution in [0.15, 0.2) is 22.8 Å². The van der Waals surface area contributed by atoms with Crippen LogP contribution in [-0.4, -0.2) is 28.6 Å². The van der Waals surface area contributed by atoms with Gasteiger partial charge in [-0.2, -0.15) is 11.8 Å². The highest BCUT2D eigenvalue weighted by atomic mass is 79.9. The first-order valence-electron chi connectivity index (χ1n) is 5.58. The van der Waals surface area contributed by atoms with Crippen molar-refractivity contribution in [2.24, 2.45) is 0 Å². The van der Waals surface area contributed by atoms with Gasteiger partial charge in [-0.05, 0) is 34.5 Å². The Bertz CT molecular complexity index is 368. The number of thioether (sulfide) groups is 1.